The average molecular weight is 284 g/mol. The maximum Gasteiger partial charge on any atom is 0.417 e. The highest BCUT2D eigenvalue weighted by Crippen LogP contribution is 2.33. The van der Waals surface area contributed by atoms with Crippen LogP contribution < -0.4 is 5.32 Å². The molecule has 1 aliphatic heterocycles. The van der Waals surface area contributed by atoms with Crippen molar-refractivity contribution in [3.63, 3.8) is 0 Å². The smallest absolute Gasteiger partial charge is 0.382 e. The van der Waals surface area contributed by atoms with Crippen LogP contribution in [-0.2, 0) is 10.9 Å². The molecular weight excluding hydrogens is 269 g/mol. The van der Waals surface area contributed by atoms with Crippen LogP contribution in [0.1, 0.15) is 30.4 Å². The van der Waals surface area contributed by atoms with Crippen LogP contribution in [0.3, 0.4) is 0 Å². The normalized spacial score (nSPS) is 19.4. The minimum Gasteiger partial charge on any atom is -0.382 e. The van der Waals surface area contributed by atoms with Crippen LogP contribution in [0.15, 0.2) is 18.2 Å². The first-order chi connectivity index (χ1) is 9.50. The van der Waals surface area contributed by atoms with Crippen LogP contribution in [0.4, 0.5) is 18.9 Å². The number of ether oxygens (including phenoxy) is 1. The van der Waals surface area contributed by atoms with Crippen molar-refractivity contribution in [2.45, 2.75) is 31.5 Å². The monoisotopic (exact) mass is 284 g/mol. The number of halogens is 3. The molecule has 1 N–H and O–H groups in total. The highest BCUT2D eigenvalue weighted by Gasteiger charge is 2.33. The molecule has 0 aromatic heterocycles. The zero-order chi connectivity index (χ0) is 14.6. The summed E-state index contributed by atoms with van der Waals surface area (Å²) in [6.07, 6.45) is -1.33. The van der Waals surface area contributed by atoms with Gasteiger partial charge in [0.05, 0.1) is 23.3 Å². The summed E-state index contributed by atoms with van der Waals surface area (Å²) in [6, 6.07) is 5.09. The Balaban J connectivity index is 2.04. The molecule has 2 rings (SSSR count). The van der Waals surface area contributed by atoms with Crippen LogP contribution in [0.5, 0.6) is 0 Å². The Morgan fingerprint density at radius 3 is 2.75 bits per heavy atom. The van der Waals surface area contributed by atoms with Gasteiger partial charge in [0.25, 0.3) is 0 Å². The molecule has 1 unspecified atom stereocenters. The molecule has 1 aromatic carbocycles. The van der Waals surface area contributed by atoms with E-state index < -0.39 is 11.7 Å². The molecule has 0 saturated carbocycles. The Morgan fingerprint density at radius 1 is 1.35 bits per heavy atom. The molecule has 1 aromatic rings. The standard InChI is InChI=1S/C14H15F3N2O/c15-14(16,17)13-5-4-11(7-10(13)8-18)19-9-12-3-1-2-6-20-12/h4-5,7,12,19H,1-3,6,9H2. The first-order valence-electron chi connectivity index (χ1n) is 6.47. The third kappa shape index (κ3) is 3.64. The van der Waals surface area contributed by atoms with Crippen molar-refractivity contribution in [2.75, 3.05) is 18.5 Å². The lowest BCUT2D eigenvalue weighted by Gasteiger charge is -2.23. The van der Waals surface area contributed by atoms with Gasteiger partial charge in [0.1, 0.15) is 0 Å². The fourth-order valence-electron chi connectivity index (χ4n) is 2.19. The summed E-state index contributed by atoms with van der Waals surface area (Å²) in [7, 11) is 0. The number of nitriles is 1. The summed E-state index contributed by atoms with van der Waals surface area (Å²) in [5.41, 5.74) is -0.768. The van der Waals surface area contributed by atoms with E-state index in [1.54, 1.807) is 6.07 Å². The summed E-state index contributed by atoms with van der Waals surface area (Å²) in [5, 5.41) is 11.8. The molecule has 0 spiro atoms. The third-order valence-electron chi connectivity index (χ3n) is 3.25. The zero-order valence-corrected chi connectivity index (χ0v) is 10.8. The second-order valence-electron chi connectivity index (χ2n) is 4.74. The SMILES string of the molecule is N#Cc1cc(NCC2CCCCO2)ccc1C(F)(F)F. The number of hydrogen-bond donors (Lipinski definition) is 1. The van der Waals surface area contributed by atoms with E-state index in [2.05, 4.69) is 5.32 Å². The van der Waals surface area contributed by atoms with Crippen molar-refractivity contribution >= 4 is 5.69 Å². The molecule has 0 aliphatic carbocycles. The van der Waals surface area contributed by atoms with E-state index in [0.717, 1.165) is 31.9 Å². The van der Waals surface area contributed by atoms with Gasteiger partial charge in [-0.2, -0.15) is 18.4 Å². The van der Waals surface area contributed by atoms with E-state index in [1.165, 1.54) is 12.1 Å². The van der Waals surface area contributed by atoms with Crippen molar-refractivity contribution in [3.05, 3.63) is 29.3 Å². The minimum absolute atomic E-state index is 0.0802. The van der Waals surface area contributed by atoms with Crippen molar-refractivity contribution in [2.24, 2.45) is 0 Å². The third-order valence-corrected chi connectivity index (χ3v) is 3.25. The maximum absolute atomic E-state index is 12.7. The van der Waals surface area contributed by atoms with Crippen molar-refractivity contribution in [3.8, 4) is 6.07 Å². The number of benzene rings is 1. The van der Waals surface area contributed by atoms with Gasteiger partial charge in [-0.05, 0) is 37.5 Å². The van der Waals surface area contributed by atoms with E-state index in [-0.39, 0.29) is 11.7 Å². The van der Waals surface area contributed by atoms with Gasteiger partial charge in [0.2, 0.25) is 0 Å². The lowest BCUT2D eigenvalue weighted by atomic mass is 10.1. The lowest BCUT2D eigenvalue weighted by molar-refractivity contribution is -0.137. The molecular formula is C14H15F3N2O. The Labute approximate surface area is 115 Å². The predicted molar refractivity (Wildman–Crippen MR) is 68.2 cm³/mol. The maximum atomic E-state index is 12.7. The number of hydrogen-bond acceptors (Lipinski definition) is 3. The van der Waals surface area contributed by atoms with Gasteiger partial charge >= 0.3 is 6.18 Å². The number of nitrogens with one attached hydrogen (secondary N) is 1. The molecule has 0 bridgehead atoms. The molecule has 108 valence electrons. The van der Waals surface area contributed by atoms with Gasteiger partial charge in [-0.25, -0.2) is 0 Å². The molecule has 1 atom stereocenters. The molecule has 6 heteroatoms. The summed E-state index contributed by atoms with van der Waals surface area (Å²) in [6.45, 7) is 1.26. The second-order valence-corrected chi connectivity index (χ2v) is 4.74. The fourth-order valence-corrected chi connectivity index (χ4v) is 2.19. The first-order valence-corrected chi connectivity index (χ1v) is 6.47. The zero-order valence-electron chi connectivity index (χ0n) is 10.8. The highest BCUT2D eigenvalue weighted by atomic mass is 19.4. The van der Waals surface area contributed by atoms with Gasteiger partial charge in [-0.1, -0.05) is 0 Å². The molecule has 1 saturated heterocycles. The molecule has 1 heterocycles. The van der Waals surface area contributed by atoms with Crippen LogP contribution >= 0.6 is 0 Å². The van der Waals surface area contributed by atoms with Crippen molar-refractivity contribution in [1.82, 2.24) is 0 Å². The number of rotatable bonds is 3. The fraction of sp³-hybridized carbons (Fsp3) is 0.500. The van der Waals surface area contributed by atoms with E-state index in [9.17, 15) is 13.2 Å². The van der Waals surface area contributed by atoms with Gasteiger partial charge < -0.3 is 10.1 Å². The van der Waals surface area contributed by atoms with Gasteiger partial charge in [-0.15, -0.1) is 0 Å². The van der Waals surface area contributed by atoms with Crippen LogP contribution in [0, 0.1) is 11.3 Å². The number of anilines is 1. The Hall–Kier alpha value is -1.74. The summed E-state index contributed by atoms with van der Waals surface area (Å²) in [4.78, 5) is 0. The average Bonchev–Trinajstić information content (AvgIpc) is 2.45. The first kappa shape index (κ1) is 14.7. The van der Waals surface area contributed by atoms with E-state index in [4.69, 9.17) is 10.00 Å². The van der Waals surface area contributed by atoms with Crippen molar-refractivity contribution in [1.29, 1.82) is 5.26 Å². The second kappa shape index (κ2) is 6.14. The van der Waals surface area contributed by atoms with Crippen molar-refractivity contribution < 1.29 is 17.9 Å². The summed E-state index contributed by atoms with van der Waals surface area (Å²) >= 11 is 0. The van der Waals surface area contributed by atoms with Gasteiger partial charge in [0, 0.05) is 18.8 Å². The molecule has 1 fully saturated rings. The van der Waals surface area contributed by atoms with Crippen LogP contribution in [-0.4, -0.2) is 19.3 Å². The van der Waals surface area contributed by atoms with E-state index in [1.807, 2.05) is 0 Å². The highest BCUT2D eigenvalue weighted by molar-refractivity contribution is 5.53. The minimum atomic E-state index is -4.50. The lowest BCUT2D eigenvalue weighted by Crippen LogP contribution is -2.27. The van der Waals surface area contributed by atoms with Gasteiger partial charge in [-0.3, -0.25) is 0 Å². The summed E-state index contributed by atoms with van der Waals surface area (Å²) < 4.78 is 43.5. The molecule has 1 aliphatic rings. The quantitative estimate of drug-likeness (QED) is 0.923. The molecule has 0 radical (unpaired) electrons. The molecule has 3 nitrogen and oxygen atoms in total. The number of nitrogens with zero attached hydrogens (tertiary/aromatic N) is 1. The Morgan fingerprint density at radius 2 is 2.15 bits per heavy atom. The van der Waals surface area contributed by atoms with E-state index in [0.29, 0.717) is 12.2 Å². The number of alkyl halides is 3. The van der Waals surface area contributed by atoms with E-state index >= 15 is 0 Å². The summed E-state index contributed by atoms with van der Waals surface area (Å²) in [5.74, 6) is 0. The van der Waals surface area contributed by atoms with Gasteiger partial charge in [0.15, 0.2) is 0 Å². The largest absolute Gasteiger partial charge is 0.417 e. The Bertz CT molecular complexity index is 502. The molecule has 0 amide bonds. The van der Waals surface area contributed by atoms with Crippen LogP contribution in [0.25, 0.3) is 0 Å². The predicted octanol–water partition coefficient (Wildman–Crippen LogP) is 3.56. The Kier molecular flexibility index (Phi) is 4.50. The topological polar surface area (TPSA) is 45.0 Å². The molecule has 20 heavy (non-hydrogen) atoms. The van der Waals surface area contributed by atoms with Crippen LogP contribution in [0.2, 0.25) is 0 Å².